The monoisotopic (exact) mass is 231 g/mol. The lowest BCUT2D eigenvalue weighted by Gasteiger charge is -2.04. The highest BCUT2D eigenvalue weighted by Gasteiger charge is 2.05. The first-order chi connectivity index (χ1) is 8.16. The van der Waals surface area contributed by atoms with Crippen molar-refractivity contribution in [3.63, 3.8) is 0 Å². The summed E-state index contributed by atoms with van der Waals surface area (Å²) in [5, 5.41) is 12.6. The zero-order chi connectivity index (χ0) is 12.3. The number of pyridine rings is 1. The molecule has 0 aliphatic carbocycles. The lowest BCUT2D eigenvalue weighted by Crippen LogP contribution is -2.26. The van der Waals surface area contributed by atoms with Crippen LogP contribution in [-0.2, 0) is 11.3 Å². The van der Waals surface area contributed by atoms with E-state index in [-0.39, 0.29) is 0 Å². The van der Waals surface area contributed by atoms with E-state index in [4.69, 9.17) is 5.11 Å². The van der Waals surface area contributed by atoms with Gasteiger partial charge in [-0.25, -0.2) is 4.68 Å². The molecule has 2 heterocycles. The van der Waals surface area contributed by atoms with Crippen molar-refractivity contribution < 1.29 is 9.90 Å². The molecule has 2 rings (SSSR count). The molecule has 2 aromatic heterocycles. The fraction of sp³-hybridized carbons (Fsp3) is 0.0909. The highest BCUT2D eigenvalue weighted by atomic mass is 16.4. The van der Waals surface area contributed by atoms with E-state index >= 15 is 0 Å². The van der Waals surface area contributed by atoms with Gasteiger partial charge in [-0.1, -0.05) is 0 Å². The van der Waals surface area contributed by atoms with E-state index in [1.807, 2.05) is 0 Å². The normalized spacial score (nSPS) is 10.1. The molecular formula is C11H9N3O3. The second kappa shape index (κ2) is 4.56. The molecule has 0 saturated heterocycles. The number of nitrogens with zero attached hydrogens (tertiary/aromatic N) is 3. The second-order valence-electron chi connectivity index (χ2n) is 3.34. The average molecular weight is 231 g/mol. The molecule has 0 aromatic carbocycles. The molecule has 6 nitrogen and oxygen atoms in total. The summed E-state index contributed by atoms with van der Waals surface area (Å²) in [5.74, 6) is -1.11. The van der Waals surface area contributed by atoms with Crippen molar-refractivity contribution in [2.45, 2.75) is 6.54 Å². The first kappa shape index (κ1) is 11.0. The van der Waals surface area contributed by atoms with E-state index in [2.05, 4.69) is 10.1 Å². The SMILES string of the molecule is O=C(O)Cn1nc(-c2ccncc2)ccc1=O. The first-order valence-corrected chi connectivity index (χ1v) is 4.87. The topological polar surface area (TPSA) is 85.1 Å². The zero-order valence-corrected chi connectivity index (χ0v) is 8.78. The standard InChI is InChI=1S/C11H9N3O3/c15-10-2-1-9(8-3-5-12-6-4-8)13-14(10)7-11(16)17/h1-6H,7H2,(H,16,17). The minimum Gasteiger partial charge on any atom is -0.480 e. The molecule has 6 heteroatoms. The van der Waals surface area contributed by atoms with Gasteiger partial charge in [-0.05, 0) is 18.2 Å². The molecule has 0 saturated carbocycles. The van der Waals surface area contributed by atoms with Crippen LogP contribution in [0.25, 0.3) is 11.3 Å². The Morgan fingerprint density at radius 2 is 1.94 bits per heavy atom. The molecule has 0 aliphatic heterocycles. The summed E-state index contributed by atoms with van der Waals surface area (Å²) in [4.78, 5) is 25.8. The number of aromatic nitrogens is 3. The van der Waals surface area contributed by atoms with E-state index < -0.39 is 18.1 Å². The smallest absolute Gasteiger partial charge is 0.325 e. The minimum atomic E-state index is -1.11. The summed E-state index contributed by atoms with van der Waals surface area (Å²) >= 11 is 0. The Hall–Kier alpha value is -2.50. The van der Waals surface area contributed by atoms with Gasteiger partial charge in [0.15, 0.2) is 0 Å². The van der Waals surface area contributed by atoms with Gasteiger partial charge in [-0.15, -0.1) is 0 Å². The average Bonchev–Trinajstić information content (AvgIpc) is 2.32. The predicted molar refractivity (Wildman–Crippen MR) is 59.4 cm³/mol. The summed E-state index contributed by atoms with van der Waals surface area (Å²) < 4.78 is 0.915. The highest BCUT2D eigenvalue weighted by Crippen LogP contribution is 2.12. The molecule has 0 unspecified atom stereocenters. The van der Waals surface area contributed by atoms with Gasteiger partial charge < -0.3 is 5.11 Å². The van der Waals surface area contributed by atoms with Crippen molar-refractivity contribution >= 4 is 5.97 Å². The summed E-state index contributed by atoms with van der Waals surface area (Å²) in [5.41, 5.74) is 0.873. The summed E-state index contributed by atoms with van der Waals surface area (Å²) in [7, 11) is 0. The molecule has 0 spiro atoms. The Bertz CT molecular complexity index is 592. The number of carboxylic acids is 1. The van der Waals surface area contributed by atoms with Crippen molar-refractivity contribution in [2.75, 3.05) is 0 Å². The van der Waals surface area contributed by atoms with Gasteiger partial charge in [0.25, 0.3) is 5.56 Å². The lowest BCUT2D eigenvalue weighted by atomic mass is 10.2. The van der Waals surface area contributed by atoms with Crippen LogP contribution in [0.2, 0.25) is 0 Å². The van der Waals surface area contributed by atoms with Crippen LogP contribution in [0.4, 0.5) is 0 Å². The molecule has 86 valence electrons. The third-order valence-electron chi connectivity index (χ3n) is 2.13. The van der Waals surface area contributed by atoms with Crippen LogP contribution in [0.3, 0.4) is 0 Å². The maximum atomic E-state index is 11.4. The third-order valence-corrected chi connectivity index (χ3v) is 2.13. The molecule has 1 N–H and O–H groups in total. The number of aliphatic carboxylic acids is 1. The van der Waals surface area contributed by atoms with Gasteiger partial charge in [0.2, 0.25) is 0 Å². The van der Waals surface area contributed by atoms with Gasteiger partial charge in [0.1, 0.15) is 6.54 Å². The Labute approximate surface area is 96.2 Å². The van der Waals surface area contributed by atoms with Crippen molar-refractivity contribution in [3.05, 3.63) is 47.0 Å². The molecule has 0 aliphatic rings. The van der Waals surface area contributed by atoms with Crippen LogP contribution in [0.1, 0.15) is 0 Å². The Morgan fingerprint density at radius 1 is 1.24 bits per heavy atom. The molecule has 2 aromatic rings. The van der Waals surface area contributed by atoms with Gasteiger partial charge in [0.05, 0.1) is 5.69 Å². The lowest BCUT2D eigenvalue weighted by molar-refractivity contribution is -0.138. The molecule has 0 amide bonds. The second-order valence-corrected chi connectivity index (χ2v) is 3.34. The van der Waals surface area contributed by atoms with Crippen LogP contribution >= 0.6 is 0 Å². The quantitative estimate of drug-likeness (QED) is 0.825. The van der Waals surface area contributed by atoms with E-state index in [0.717, 1.165) is 10.2 Å². The molecule has 0 fully saturated rings. The summed E-state index contributed by atoms with van der Waals surface area (Å²) in [6.07, 6.45) is 3.20. The van der Waals surface area contributed by atoms with Crippen LogP contribution in [0, 0.1) is 0 Å². The predicted octanol–water partition coefficient (Wildman–Crippen LogP) is 0.390. The fourth-order valence-corrected chi connectivity index (χ4v) is 1.37. The third kappa shape index (κ3) is 2.54. The number of hydrogen-bond acceptors (Lipinski definition) is 4. The molecule has 17 heavy (non-hydrogen) atoms. The molecule has 0 radical (unpaired) electrons. The number of carbonyl (C=O) groups is 1. The number of rotatable bonds is 3. The molecule has 0 bridgehead atoms. The summed E-state index contributed by atoms with van der Waals surface area (Å²) in [6, 6.07) is 6.32. The Morgan fingerprint density at radius 3 is 2.59 bits per heavy atom. The van der Waals surface area contributed by atoms with E-state index in [9.17, 15) is 9.59 Å². The largest absolute Gasteiger partial charge is 0.480 e. The van der Waals surface area contributed by atoms with Crippen molar-refractivity contribution in [3.8, 4) is 11.3 Å². The first-order valence-electron chi connectivity index (χ1n) is 4.87. The van der Waals surface area contributed by atoms with Crippen molar-refractivity contribution in [1.29, 1.82) is 0 Å². The molecular weight excluding hydrogens is 222 g/mol. The van der Waals surface area contributed by atoms with Crippen molar-refractivity contribution in [1.82, 2.24) is 14.8 Å². The van der Waals surface area contributed by atoms with Crippen molar-refractivity contribution in [2.24, 2.45) is 0 Å². The Kier molecular flexibility index (Phi) is 2.95. The Balaban J connectivity index is 2.44. The maximum absolute atomic E-state index is 11.4. The fourth-order valence-electron chi connectivity index (χ4n) is 1.37. The van der Waals surface area contributed by atoms with Crippen LogP contribution in [-0.4, -0.2) is 25.8 Å². The summed E-state index contributed by atoms with van der Waals surface area (Å²) in [6.45, 7) is -0.447. The molecule has 0 atom stereocenters. The maximum Gasteiger partial charge on any atom is 0.325 e. The van der Waals surface area contributed by atoms with Gasteiger partial charge >= 0.3 is 5.97 Å². The number of hydrogen-bond donors (Lipinski definition) is 1. The van der Waals surface area contributed by atoms with Crippen LogP contribution in [0.15, 0.2) is 41.5 Å². The van der Waals surface area contributed by atoms with Crippen LogP contribution in [0.5, 0.6) is 0 Å². The number of carboxylic acid groups (broad SMARTS) is 1. The van der Waals surface area contributed by atoms with Crippen LogP contribution < -0.4 is 5.56 Å². The van der Waals surface area contributed by atoms with Gasteiger partial charge in [0, 0.05) is 24.0 Å². The van der Waals surface area contributed by atoms with Gasteiger partial charge in [-0.2, -0.15) is 5.10 Å². The minimum absolute atomic E-state index is 0.440. The highest BCUT2D eigenvalue weighted by molar-refractivity contribution is 5.66. The van der Waals surface area contributed by atoms with Gasteiger partial charge in [-0.3, -0.25) is 14.6 Å². The zero-order valence-electron chi connectivity index (χ0n) is 8.78. The van der Waals surface area contributed by atoms with E-state index in [1.54, 1.807) is 30.6 Å². The van der Waals surface area contributed by atoms with E-state index in [1.165, 1.54) is 6.07 Å². The van der Waals surface area contributed by atoms with E-state index in [0.29, 0.717) is 5.69 Å².